The summed E-state index contributed by atoms with van der Waals surface area (Å²) in [7, 11) is -1.28. The number of benzene rings is 2. The van der Waals surface area contributed by atoms with Gasteiger partial charge in [0, 0.05) is 5.69 Å². The number of sulfonamides is 1. The highest BCUT2D eigenvalue weighted by Crippen LogP contribution is 2.25. The molecule has 0 aliphatic carbocycles. The first-order chi connectivity index (χ1) is 13.7. The summed E-state index contributed by atoms with van der Waals surface area (Å²) in [5, 5.41) is 2.67. The zero-order valence-corrected chi connectivity index (χ0v) is 17.5. The van der Waals surface area contributed by atoms with Gasteiger partial charge >= 0.3 is 5.97 Å². The van der Waals surface area contributed by atoms with Crippen LogP contribution in [0, 0.1) is 0 Å². The van der Waals surface area contributed by atoms with Crippen molar-refractivity contribution in [2.45, 2.75) is 31.3 Å². The van der Waals surface area contributed by atoms with Crippen molar-refractivity contribution in [1.82, 2.24) is 4.72 Å². The highest BCUT2D eigenvalue weighted by atomic mass is 32.2. The van der Waals surface area contributed by atoms with Crippen LogP contribution in [0.5, 0.6) is 5.75 Å². The van der Waals surface area contributed by atoms with E-state index in [1.54, 1.807) is 12.1 Å². The van der Waals surface area contributed by atoms with E-state index in [2.05, 4.69) is 10.0 Å². The topological polar surface area (TPSA) is 111 Å². The summed E-state index contributed by atoms with van der Waals surface area (Å²) in [4.78, 5) is 24.5. The number of amides is 1. The van der Waals surface area contributed by atoms with Crippen molar-refractivity contribution in [1.29, 1.82) is 0 Å². The van der Waals surface area contributed by atoms with Gasteiger partial charge < -0.3 is 14.8 Å². The summed E-state index contributed by atoms with van der Waals surface area (Å²) in [5.74, 6) is -1.25. The minimum atomic E-state index is -3.85. The third-order valence-corrected chi connectivity index (χ3v) is 5.68. The molecule has 9 heteroatoms. The first kappa shape index (κ1) is 22.4. The van der Waals surface area contributed by atoms with Gasteiger partial charge in [-0.05, 0) is 56.3 Å². The lowest BCUT2D eigenvalue weighted by Gasteiger charge is -2.15. The second kappa shape index (κ2) is 9.53. The normalized spacial score (nSPS) is 12.1. The second-order valence-corrected chi connectivity index (χ2v) is 8.02. The van der Waals surface area contributed by atoms with Gasteiger partial charge in [-0.25, -0.2) is 17.9 Å². The van der Waals surface area contributed by atoms with Gasteiger partial charge in [0.25, 0.3) is 5.91 Å². The first-order valence-corrected chi connectivity index (χ1v) is 10.4. The lowest BCUT2D eigenvalue weighted by Crippen LogP contribution is -2.30. The third-order valence-electron chi connectivity index (χ3n) is 4.24. The van der Waals surface area contributed by atoms with Gasteiger partial charge in [0.15, 0.2) is 6.10 Å². The summed E-state index contributed by atoms with van der Waals surface area (Å²) >= 11 is 0. The Bertz CT molecular complexity index is 987. The van der Waals surface area contributed by atoms with Gasteiger partial charge in [-0.2, -0.15) is 0 Å². The molecule has 2 aromatic carbocycles. The van der Waals surface area contributed by atoms with Crippen molar-refractivity contribution in [3.63, 3.8) is 0 Å². The molecule has 8 nitrogen and oxygen atoms in total. The molecule has 1 amide bonds. The van der Waals surface area contributed by atoms with Crippen LogP contribution in [-0.4, -0.2) is 40.6 Å². The molecule has 0 unspecified atom stereocenters. The van der Waals surface area contributed by atoms with Crippen LogP contribution < -0.4 is 14.8 Å². The predicted octanol–water partition coefficient (Wildman–Crippen LogP) is 2.35. The Morgan fingerprint density at radius 1 is 1.10 bits per heavy atom. The van der Waals surface area contributed by atoms with Crippen molar-refractivity contribution in [2.24, 2.45) is 0 Å². The SMILES string of the molecule is CCc1ccc(NC(=O)[C@@H](C)OC(=O)c2ccc(OC)c(S(=O)(=O)NC)c2)cc1. The maximum atomic E-state index is 12.4. The monoisotopic (exact) mass is 420 g/mol. The minimum Gasteiger partial charge on any atom is -0.495 e. The lowest BCUT2D eigenvalue weighted by molar-refractivity contribution is -0.123. The minimum absolute atomic E-state index is 0.0217. The Labute approximate surface area is 170 Å². The molecule has 1 atom stereocenters. The number of aryl methyl sites for hydroxylation is 1. The maximum absolute atomic E-state index is 12.4. The molecule has 0 saturated carbocycles. The van der Waals surface area contributed by atoms with Crippen LogP contribution in [0.1, 0.15) is 29.8 Å². The summed E-state index contributed by atoms with van der Waals surface area (Å²) in [6.07, 6.45) is -0.199. The number of methoxy groups -OCH3 is 1. The molecule has 29 heavy (non-hydrogen) atoms. The first-order valence-electron chi connectivity index (χ1n) is 8.94. The van der Waals surface area contributed by atoms with Crippen LogP contribution in [0.25, 0.3) is 0 Å². The van der Waals surface area contributed by atoms with Crippen LogP contribution >= 0.6 is 0 Å². The molecule has 0 heterocycles. The summed E-state index contributed by atoms with van der Waals surface area (Å²) in [5.41, 5.74) is 1.70. The molecule has 0 spiro atoms. The van der Waals surface area contributed by atoms with E-state index in [4.69, 9.17) is 9.47 Å². The number of hydrogen-bond donors (Lipinski definition) is 2. The fraction of sp³-hybridized carbons (Fsp3) is 0.300. The fourth-order valence-electron chi connectivity index (χ4n) is 2.47. The molecular weight excluding hydrogens is 396 g/mol. The molecule has 2 aromatic rings. The largest absolute Gasteiger partial charge is 0.495 e. The number of hydrogen-bond acceptors (Lipinski definition) is 6. The highest BCUT2D eigenvalue weighted by Gasteiger charge is 2.23. The van der Waals surface area contributed by atoms with Crippen LogP contribution in [0.3, 0.4) is 0 Å². The zero-order valence-electron chi connectivity index (χ0n) is 16.7. The number of rotatable bonds is 8. The van der Waals surface area contributed by atoms with Crippen molar-refractivity contribution >= 4 is 27.6 Å². The number of esters is 1. The van der Waals surface area contributed by atoms with Gasteiger partial charge in [-0.1, -0.05) is 19.1 Å². The fourth-order valence-corrected chi connectivity index (χ4v) is 3.39. The average Bonchev–Trinajstić information content (AvgIpc) is 2.73. The molecule has 0 aromatic heterocycles. The smallest absolute Gasteiger partial charge is 0.338 e. The van der Waals surface area contributed by atoms with Gasteiger partial charge in [-0.15, -0.1) is 0 Å². The second-order valence-electron chi connectivity index (χ2n) is 6.16. The number of carbonyl (C=O) groups is 2. The standard InChI is InChI=1S/C20H24N2O6S/c1-5-14-6-9-16(10-7-14)22-19(23)13(2)28-20(24)15-8-11-17(27-4)18(12-15)29(25,26)21-3/h6-13,21H,5H2,1-4H3,(H,22,23)/t13-/m1/s1. The van der Waals surface area contributed by atoms with E-state index in [1.807, 2.05) is 19.1 Å². The van der Waals surface area contributed by atoms with Gasteiger partial charge in [0.2, 0.25) is 10.0 Å². The molecule has 0 aliphatic rings. The van der Waals surface area contributed by atoms with Crippen molar-refractivity contribution in [3.05, 3.63) is 53.6 Å². The maximum Gasteiger partial charge on any atom is 0.338 e. The van der Waals surface area contributed by atoms with Gasteiger partial charge in [0.05, 0.1) is 12.7 Å². The van der Waals surface area contributed by atoms with Crippen molar-refractivity contribution in [3.8, 4) is 5.75 Å². The van der Waals surface area contributed by atoms with E-state index < -0.39 is 28.0 Å². The number of anilines is 1. The van der Waals surface area contributed by atoms with E-state index in [0.29, 0.717) is 5.69 Å². The summed E-state index contributed by atoms with van der Waals surface area (Å²) < 4.78 is 36.6. The van der Waals surface area contributed by atoms with Crippen molar-refractivity contribution < 1.29 is 27.5 Å². The van der Waals surface area contributed by atoms with Gasteiger partial charge in [0.1, 0.15) is 10.6 Å². The van der Waals surface area contributed by atoms with E-state index in [-0.39, 0.29) is 16.2 Å². The van der Waals surface area contributed by atoms with Crippen molar-refractivity contribution in [2.75, 3.05) is 19.5 Å². The average molecular weight is 420 g/mol. The molecule has 0 bridgehead atoms. The molecular formula is C20H24N2O6S. The summed E-state index contributed by atoms with van der Waals surface area (Å²) in [6, 6.07) is 11.2. The molecule has 0 aliphatic heterocycles. The lowest BCUT2D eigenvalue weighted by atomic mass is 10.1. The number of carbonyl (C=O) groups excluding carboxylic acids is 2. The Morgan fingerprint density at radius 2 is 1.76 bits per heavy atom. The van der Waals surface area contributed by atoms with E-state index in [1.165, 1.54) is 33.2 Å². The van der Waals surface area contributed by atoms with Crippen LogP contribution in [0.15, 0.2) is 47.4 Å². The molecule has 0 radical (unpaired) electrons. The quantitative estimate of drug-likeness (QED) is 0.634. The van der Waals surface area contributed by atoms with E-state index in [0.717, 1.165) is 18.1 Å². The number of nitrogens with one attached hydrogen (secondary N) is 2. The highest BCUT2D eigenvalue weighted by molar-refractivity contribution is 7.89. The Morgan fingerprint density at radius 3 is 2.31 bits per heavy atom. The zero-order chi connectivity index (χ0) is 21.6. The van der Waals surface area contributed by atoms with Crippen LogP contribution in [0.2, 0.25) is 0 Å². The number of ether oxygens (including phenoxy) is 2. The Hall–Kier alpha value is -2.91. The van der Waals surface area contributed by atoms with Crippen LogP contribution in [-0.2, 0) is 26.0 Å². The molecule has 2 N–H and O–H groups in total. The molecule has 156 valence electrons. The molecule has 2 rings (SSSR count). The van der Waals surface area contributed by atoms with Gasteiger partial charge in [-0.3, -0.25) is 4.79 Å². The van der Waals surface area contributed by atoms with E-state index >= 15 is 0 Å². The Kier molecular flexibility index (Phi) is 7.35. The third kappa shape index (κ3) is 5.55. The Balaban J connectivity index is 2.12. The van der Waals surface area contributed by atoms with E-state index in [9.17, 15) is 18.0 Å². The molecule has 0 fully saturated rings. The van der Waals surface area contributed by atoms with Crippen LogP contribution in [0.4, 0.5) is 5.69 Å². The predicted molar refractivity (Wildman–Crippen MR) is 109 cm³/mol. The molecule has 0 saturated heterocycles. The summed E-state index contributed by atoms with van der Waals surface area (Å²) in [6.45, 7) is 3.46.